The van der Waals surface area contributed by atoms with E-state index in [9.17, 15) is 4.79 Å². The van der Waals surface area contributed by atoms with E-state index in [1.54, 1.807) is 13.2 Å². The van der Waals surface area contributed by atoms with Gasteiger partial charge in [-0.3, -0.25) is 0 Å². The molecule has 9 nitrogen and oxygen atoms in total. The summed E-state index contributed by atoms with van der Waals surface area (Å²) in [7, 11) is 1.63. The van der Waals surface area contributed by atoms with Crippen molar-refractivity contribution in [3.8, 4) is 5.75 Å². The van der Waals surface area contributed by atoms with Gasteiger partial charge in [-0.2, -0.15) is 9.78 Å². The highest BCUT2D eigenvalue weighted by Gasteiger charge is 2.21. The number of aromatic nitrogens is 4. The number of rotatable bonds is 5. The van der Waals surface area contributed by atoms with E-state index < -0.39 is 11.7 Å². The van der Waals surface area contributed by atoms with Gasteiger partial charge in [0, 0.05) is 11.1 Å². The zero-order valence-corrected chi connectivity index (χ0v) is 18.7. The summed E-state index contributed by atoms with van der Waals surface area (Å²) in [5.74, 6) is 1.26. The average Bonchev–Trinajstić information content (AvgIpc) is 3.31. The number of fused-ring (bicyclic) bond motifs is 1. The van der Waals surface area contributed by atoms with E-state index in [1.165, 1.54) is 4.68 Å². The summed E-state index contributed by atoms with van der Waals surface area (Å²) in [6.45, 7) is 7.29. The quantitative estimate of drug-likeness (QED) is 0.474. The molecule has 0 fully saturated rings. The van der Waals surface area contributed by atoms with Crippen molar-refractivity contribution in [3.63, 3.8) is 0 Å². The van der Waals surface area contributed by atoms with Gasteiger partial charge in [0.05, 0.1) is 24.7 Å². The first kappa shape index (κ1) is 21.4. The minimum Gasteiger partial charge on any atom is -0.497 e. The van der Waals surface area contributed by atoms with Gasteiger partial charge in [-0.15, -0.1) is 5.10 Å². The van der Waals surface area contributed by atoms with Crippen molar-refractivity contribution < 1.29 is 18.7 Å². The first-order valence-corrected chi connectivity index (χ1v) is 10.2. The highest BCUT2D eigenvalue weighted by molar-refractivity contribution is 5.92. The summed E-state index contributed by atoms with van der Waals surface area (Å²) in [4.78, 5) is 12.5. The van der Waals surface area contributed by atoms with Crippen molar-refractivity contribution in [2.24, 2.45) is 0 Å². The second kappa shape index (κ2) is 8.33. The van der Waals surface area contributed by atoms with Gasteiger partial charge in [0.1, 0.15) is 11.4 Å². The molecule has 0 saturated carbocycles. The van der Waals surface area contributed by atoms with Gasteiger partial charge in [0.15, 0.2) is 0 Å². The molecular weight excluding hydrogens is 410 g/mol. The van der Waals surface area contributed by atoms with Crippen molar-refractivity contribution in [2.75, 3.05) is 12.4 Å². The zero-order valence-electron chi connectivity index (χ0n) is 18.7. The third kappa shape index (κ3) is 4.72. The van der Waals surface area contributed by atoms with Crippen LogP contribution >= 0.6 is 0 Å². The predicted octanol–water partition coefficient (Wildman–Crippen LogP) is 4.85. The van der Waals surface area contributed by atoms with Crippen molar-refractivity contribution >= 4 is 28.7 Å². The Kier molecular flexibility index (Phi) is 5.56. The molecule has 0 atom stereocenters. The lowest BCUT2D eigenvalue weighted by molar-refractivity contribution is 0.0522. The van der Waals surface area contributed by atoms with Crippen LogP contribution < -0.4 is 10.1 Å². The second-order valence-corrected chi connectivity index (χ2v) is 8.36. The molecule has 0 spiro atoms. The van der Waals surface area contributed by atoms with E-state index in [4.69, 9.17) is 13.9 Å². The van der Waals surface area contributed by atoms with Crippen LogP contribution in [0.15, 0.2) is 46.9 Å². The summed E-state index contributed by atoms with van der Waals surface area (Å²) in [5.41, 5.74) is 2.50. The largest absolute Gasteiger partial charge is 0.497 e. The monoisotopic (exact) mass is 435 g/mol. The van der Waals surface area contributed by atoms with Crippen LogP contribution in [0.5, 0.6) is 5.75 Å². The molecule has 4 aromatic rings. The van der Waals surface area contributed by atoms with Gasteiger partial charge in [0.25, 0.3) is 0 Å². The Hall–Kier alpha value is -3.88. The van der Waals surface area contributed by atoms with Crippen LogP contribution in [0.4, 0.5) is 16.5 Å². The predicted molar refractivity (Wildman–Crippen MR) is 119 cm³/mol. The first-order chi connectivity index (χ1) is 15.2. The van der Waals surface area contributed by atoms with Crippen LogP contribution in [0.25, 0.3) is 10.9 Å². The summed E-state index contributed by atoms with van der Waals surface area (Å²) < 4.78 is 17.7. The molecule has 32 heavy (non-hydrogen) atoms. The summed E-state index contributed by atoms with van der Waals surface area (Å²) in [6, 6.07) is 13.5. The molecular formula is C23H25N5O4. The molecule has 9 heteroatoms. The number of anilines is 2. The Balaban J connectivity index is 1.51. The van der Waals surface area contributed by atoms with Gasteiger partial charge in [-0.1, -0.05) is 17.2 Å². The summed E-state index contributed by atoms with van der Waals surface area (Å²) in [6.07, 6.45) is -0.0254. The van der Waals surface area contributed by atoms with Crippen LogP contribution in [0.2, 0.25) is 0 Å². The molecule has 0 amide bonds. The van der Waals surface area contributed by atoms with E-state index in [0.29, 0.717) is 23.5 Å². The van der Waals surface area contributed by atoms with Gasteiger partial charge < -0.3 is 19.2 Å². The maximum atomic E-state index is 12.5. The molecule has 2 aromatic heterocycles. The lowest BCUT2D eigenvalue weighted by Crippen LogP contribution is -2.27. The number of nitrogens with one attached hydrogen (secondary N) is 1. The van der Waals surface area contributed by atoms with E-state index in [0.717, 1.165) is 22.4 Å². The maximum absolute atomic E-state index is 12.5. The van der Waals surface area contributed by atoms with Gasteiger partial charge in [-0.25, -0.2) is 4.79 Å². The second-order valence-electron chi connectivity index (χ2n) is 8.36. The number of benzene rings is 2. The molecule has 4 rings (SSSR count). The van der Waals surface area contributed by atoms with Crippen LogP contribution in [0.3, 0.4) is 0 Å². The van der Waals surface area contributed by atoms with Gasteiger partial charge >= 0.3 is 12.1 Å². The van der Waals surface area contributed by atoms with E-state index in [-0.39, 0.29) is 6.01 Å². The molecule has 2 heterocycles. The Morgan fingerprint density at radius 2 is 1.97 bits per heavy atom. The summed E-state index contributed by atoms with van der Waals surface area (Å²) >= 11 is 0. The highest BCUT2D eigenvalue weighted by atomic mass is 16.6. The number of hydrogen-bond donors (Lipinski definition) is 1. The lowest BCUT2D eigenvalue weighted by Gasteiger charge is -2.19. The van der Waals surface area contributed by atoms with Crippen molar-refractivity contribution in [3.05, 3.63) is 59.6 Å². The average molecular weight is 435 g/mol. The third-order valence-electron chi connectivity index (χ3n) is 4.64. The van der Waals surface area contributed by atoms with Crippen LogP contribution in [0.1, 0.15) is 37.9 Å². The van der Waals surface area contributed by atoms with Gasteiger partial charge in [0.2, 0.25) is 5.89 Å². The molecule has 0 bridgehead atoms. The molecule has 0 radical (unpaired) electrons. The van der Waals surface area contributed by atoms with Crippen LogP contribution in [0, 0.1) is 6.92 Å². The van der Waals surface area contributed by atoms with E-state index in [2.05, 4.69) is 20.6 Å². The van der Waals surface area contributed by atoms with Crippen molar-refractivity contribution in [1.29, 1.82) is 0 Å². The number of ether oxygens (including phenoxy) is 2. The van der Waals surface area contributed by atoms with E-state index >= 15 is 0 Å². The lowest BCUT2D eigenvalue weighted by atomic mass is 10.1. The van der Waals surface area contributed by atoms with E-state index in [1.807, 2.05) is 64.1 Å². The Labute approximate surface area is 185 Å². The number of aryl methyl sites for hydroxylation is 1. The third-order valence-corrected chi connectivity index (χ3v) is 4.64. The molecule has 166 valence electrons. The van der Waals surface area contributed by atoms with Crippen molar-refractivity contribution in [1.82, 2.24) is 20.0 Å². The first-order valence-electron chi connectivity index (χ1n) is 10.2. The maximum Gasteiger partial charge on any atom is 0.435 e. The molecule has 2 aromatic carbocycles. The minimum atomic E-state index is -0.606. The molecule has 0 aliphatic carbocycles. The fourth-order valence-electron chi connectivity index (χ4n) is 3.25. The molecule has 0 unspecified atom stereocenters. The number of hydrogen-bond acceptors (Lipinski definition) is 8. The summed E-state index contributed by atoms with van der Waals surface area (Å²) in [5, 5.41) is 16.4. The Morgan fingerprint density at radius 3 is 2.72 bits per heavy atom. The minimum absolute atomic E-state index is 0.277. The number of methoxy groups -OCH3 is 1. The molecule has 0 saturated heterocycles. The zero-order chi connectivity index (χ0) is 22.9. The van der Waals surface area contributed by atoms with Crippen molar-refractivity contribution in [2.45, 2.75) is 39.7 Å². The smallest absolute Gasteiger partial charge is 0.435 e. The number of nitrogens with zero attached hydrogens (tertiary/aromatic N) is 4. The Bertz CT molecular complexity index is 1270. The Morgan fingerprint density at radius 1 is 1.16 bits per heavy atom. The highest BCUT2D eigenvalue weighted by Crippen LogP contribution is 2.26. The van der Waals surface area contributed by atoms with Gasteiger partial charge in [-0.05, 0) is 63.6 Å². The topological polar surface area (TPSA) is 104 Å². The normalized spacial score (nSPS) is 11.5. The standard InChI is InChI=1S/C23H25N5O4/c1-14-18-13-16(9-10-19(18)28(27-14)22(29)32-23(2,3)4)24-21-26-25-20(31-21)12-15-7-6-8-17(11-15)30-5/h6-11,13H,12H2,1-5H3,(H,24,26). The molecule has 0 aliphatic rings. The number of carbonyl (C=O) groups excluding carboxylic acids is 1. The number of carbonyl (C=O) groups is 1. The molecule has 0 aliphatic heterocycles. The fraction of sp³-hybridized carbons (Fsp3) is 0.304. The molecule has 1 N–H and O–H groups in total. The fourth-order valence-corrected chi connectivity index (χ4v) is 3.25. The van der Waals surface area contributed by atoms with Crippen LogP contribution in [-0.2, 0) is 11.2 Å². The van der Waals surface area contributed by atoms with Crippen LogP contribution in [-0.4, -0.2) is 38.8 Å². The SMILES string of the molecule is COc1cccc(Cc2nnc(Nc3ccc4c(c3)c(C)nn4C(=O)OC(C)(C)C)o2)c1.